The number of nitrogens with one attached hydrogen (secondary N) is 1. The van der Waals surface area contributed by atoms with E-state index in [1.54, 1.807) is 6.07 Å². The van der Waals surface area contributed by atoms with Crippen LogP contribution in [-0.2, 0) is 6.54 Å². The Morgan fingerprint density at radius 1 is 1.12 bits per heavy atom. The zero-order valence-electron chi connectivity index (χ0n) is 14.1. The van der Waals surface area contributed by atoms with E-state index in [2.05, 4.69) is 10.1 Å². The van der Waals surface area contributed by atoms with E-state index in [1.165, 1.54) is 24.3 Å². The number of hydrogen-bond acceptors (Lipinski definition) is 4. The average Bonchev–Trinajstić information content (AvgIpc) is 2.56. The number of para-hydroxylation sites is 2. The molecule has 1 aromatic heterocycles. The Kier molecular flexibility index (Phi) is 4.63. The Hall–Kier alpha value is -2.96. The average molecular weight is 363 g/mol. The molecule has 2 aromatic carbocycles. The summed E-state index contributed by atoms with van der Waals surface area (Å²) < 4.78 is 46.9. The van der Waals surface area contributed by atoms with Crippen molar-refractivity contribution in [2.24, 2.45) is 0 Å². The molecule has 0 radical (unpaired) electrons. The van der Waals surface area contributed by atoms with Crippen LogP contribution >= 0.6 is 0 Å². The Morgan fingerprint density at radius 2 is 1.85 bits per heavy atom. The highest BCUT2D eigenvalue weighted by atomic mass is 19.4. The second kappa shape index (κ2) is 6.74. The molecule has 0 amide bonds. The van der Waals surface area contributed by atoms with Crippen molar-refractivity contribution in [3.8, 4) is 5.75 Å². The van der Waals surface area contributed by atoms with Crippen molar-refractivity contribution in [1.82, 2.24) is 0 Å². The van der Waals surface area contributed by atoms with Gasteiger partial charge in [0.1, 0.15) is 5.58 Å². The van der Waals surface area contributed by atoms with Gasteiger partial charge in [0.15, 0.2) is 5.75 Å². The first-order chi connectivity index (χ1) is 12.2. The van der Waals surface area contributed by atoms with Gasteiger partial charge in [-0.3, -0.25) is 0 Å². The molecule has 0 aliphatic rings. The van der Waals surface area contributed by atoms with Gasteiger partial charge in [-0.25, -0.2) is 4.79 Å². The molecule has 26 heavy (non-hydrogen) atoms. The van der Waals surface area contributed by atoms with Gasteiger partial charge in [-0.15, -0.1) is 13.2 Å². The Morgan fingerprint density at radius 3 is 2.58 bits per heavy atom. The van der Waals surface area contributed by atoms with Crippen LogP contribution in [0.15, 0.2) is 51.7 Å². The molecule has 0 atom stereocenters. The molecular formula is C19H16F3NO3. The van der Waals surface area contributed by atoms with Crippen LogP contribution in [0, 0.1) is 13.8 Å². The maximum absolute atomic E-state index is 12.5. The van der Waals surface area contributed by atoms with E-state index in [-0.39, 0.29) is 18.0 Å². The van der Waals surface area contributed by atoms with Gasteiger partial charge >= 0.3 is 12.0 Å². The molecule has 0 bridgehead atoms. The molecule has 7 heteroatoms. The fraction of sp³-hybridized carbons (Fsp3) is 0.211. The predicted octanol–water partition coefficient (Wildman–Crippen LogP) is 4.92. The van der Waals surface area contributed by atoms with Crippen LogP contribution in [0.2, 0.25) is 0 Å². The normalized spacial score (nSPS) is 11.6. The van der Waals surface area contributed by atoms with E-state index in [1.807, 2.05) is 26.0 Å². The second-order valence-corrected chi connectivity index (χ2v) is 5.87. The molecule has 0 unspecified atom stereocenters. The summed E-state index contributed by atoms with van der Waals surface area (Å²) >= 11 is 0. The Labute approximate surface area is 147 Å². The third-order valence-electron chi connectivity index (χ3n) is 4.10. The predicted molar refractivity (Wildman–Crippen MR) is 92.4 cm³/mol. The standard InChI is InChI=1S/C19H16F3NO3/c1-11-7-8-14-13(9-17(24)25-18(14)12(11)2)10-23-15-5-3-4-6-16(15)26-19(20,21)22/h3-9,23H,10H2,1-2H3. The summed E-state index contributed by atoms with van der Waals surface area (Å²) in [6.07, 6.45) is -4.78. The van der Waals surface area contributed by atoms with Crippen molar-refractivity contribution in [2.45, 2.75) is 26.8 Å². The maximum Gasteiger partial charge on any atom is 0.573 e. The lowest BCUT2D eigenvalue weighted by Gasteiger charge is -2.15. The Bertz CT molecular complexity index is 1010. The summed E-state index contributed by atoms with van der Waals surface area (Å²) in [5, 5.41) is 3.63. The molecule has 0 fully saturated rings. The quantitative estimate of drug-likeness (QED) is 0.669. The number of alkyl halides is 3. The fourth-order valence-electron chi connectivity index (χ4n) is 2.69. The molecule has 136 valence electrons. The summed E-state index contributed by atoms with van der Waals surface area (Å²) in [7, 11) is 0. The molecule has 1 N–H and O–H groups in total. The summed E-state index contributed by atoms with van der Waals surface area (Å²) in [6.45, 7) is 3.90. The number of aryl methyl sites for hydroxylation is 2. The lowest BCUT2D eigenvalue weighted by Crippen LogP contribution is -2.18. The number of rotatable bonds is 4. The number of hydrogen-bond donors (Lipinski definition) is 1. The monoisotopic (exact) mass is 363 g/mol. The first-order valence-corrected chi connectivity index (χ1v) is 7.86. The molecule has 3 aromatic rings. The summed E-state index contributed by atoms with van der Waals surface area (Å²) in [4.78, 5) is 11.9. The van der Waals surface area contributed by atoms with E-state index >= 15 is 0 Å². The number of fused-ring (bicyclic) bond motifs is 1. The number of anilines is 1. The van der Waals surface area contributed by atoms with Gasteiger partial charge in [-0.1, -0.05) is 24.3 Å². The molecule has 0 saturated heterocycles. The molecular weight excluding hydrogens is 347 g/mol. The lowest BCUT2D eigenvalue weighted by molar-refractivity contribution is -0.274. The minimum atomic E-state index is -4.78. The molecule has 0 aliphatic heterocycles. The fourth-order valence-corrected chi connectivity index (χ4v) is 2.69. The van der Waals surface area contributed by atoms with Crippen LogP contribution in [0.25, 0.3) is 11.0 Å². The van der Waals surface area contributed by atoms with Gasteiger partial charge in [0, 0.05) is 18.0 Å². The highest BCUT2D eigenvalue weighted by Crippen LogP contribution is 2.31. The second-order valence-electron chi connectivity index (χ2n) is 5.87. The van der Waals surface area contributed by atoms with E-state index in [0.717, 1.165) is 16.5 Å². The van der Waals surface area contributed by atoms with Crippen molar-refractivity contribution in [1.29, 1.82) is 0 Å². The number of ether oxygens (including phenoxy) is 1. The van der Waals surface area contributed by atoms with Gasteiger partial charge in [0.2, 0.25) is 0 Å². The Balaban J connectivity index is 1.94. The minimum Gasteiger partial charge on any atom is -0.422 e. The SMILES string of the molecule is Cc1ccc2c(CNc3ccccc3OC(F)(F)F)cc(=O)oc2c1C. The van der Waals surface area contributed by atoms with Crippen molar-refractivity contribution in [3.63, 3.8) is 0 Å². The van der Waals surface area contributed by atoms with Crippen molar-refractivity contribution in [2.75, 3.05) is 5.32 Å². The summed E-state index contributed by atoms with van der Waals surface area (Å²) in [5.41, 5.74) is 2.60. The molecule has 0 aliphatic carbocycles. The highest BCUT2D eigenvalue weighted by Gasteiger charge is 2.32. The van der Waals surface area contributed by atoms with Crippen LogP contribution < -0.4 is 15.7 Å². The number of benzene rings is 2. The largest absolute Gasteiger partial charge is 0.573 e. The number of halogens is 3. The van der Waals surface area contributed by atoms with Crippen LogP contribution in [-0.4, -0.2) is 6.36 Å². The first kappa shape index (κ1) is 17.8. The van der Waals surface area contributed by atoms with Crippen molar-refractivity contribution >= 4 is 16.7 Å². The first-order valence-electron chi connectivity index (χ1n) is 7.86. The lowest BCUT2D eigenvalue weighted by atomic mass is 10.0. The summed E-state index contributed by atoms with van der Waals surface area (Å²) in [5.74, 6) is -0.334. The van der Waals surface area contributed by atoms with E-state index in [0.29, 0.717) is 11.1 Å². The van der Waals surface area contributed by atoms with Gasteiger partial charge in [-0.05, 0) is 42.7 Å². The molecule has 4 nitrogen and oxygen atoms in total. The minimum absolute atomic E-state index is 0.142. The van der Waals surface area contributed by atoms with E-state index in [4.69, 9.17) is 4.42 Å². The third kappa shape index (κ3) is 3.82. The van der Waals surface area contributed by atoms with Crippen molar-refractivity contribution in [3.05, 3.63) is 69.6 Å². The van der Waals surface area contributed by atoms with Crippen LogP contribution in [0.5, 0.6) is 5.75 Å². The maximum atomic E-state index is 12.5. The molecule has 3 rings (SSSR count). The smallest absolute Gasteiger partial charge is 0.422 e. The molecule has 0 spiro atoms. The van der Waals surface area contributed by atoms with Crippen LogP contribution in [0.4, 0.5) is 18.9 Å². The van der Waals surface area contributed by atoms with Gasteiger partial charge < -0.3 is 14.5 Å². The zero-order valence-corrected chi connectivity index (χ0v) is 14.1. The summed E-state index contributed by atoms with van der Waals surface area (Å²) in [6, 6.07) is 10.8. The van der Waals surface area contributed by atoms with Gasteiger partial charge in [0.05, 0.1) is 5.69 Å². The van der Waals surface area contributed by atoms with Gasteiger partial charge in [0.25, 0.3) is 0 Å². The van der Waals surface area contributed by atoms with Crippen LogP contribution in [0.1, 0.15) is 16.7 Å². The molecule has 1 heterocycles. The van der Waals surface area contributed by atoms with E-state index < -0.39 is 12.0 Å². The molecule has 0 saturated carbocycles. The highest BCUT2D eigenvalue weighted by molar-refractivity contribution is 5.84. The van der Waals surface area contributed by atoms with Gasteiger partial charge in [-0.2, -0.15) is 0 Å². The van der Waals surface area contributed by atoms with E-state index in [9.17, 15) is 18.0 Å². The van der Waals surface area contributed by atoms with Crippen molar-refractivity contribution < 1.29 is 22.3 Å². The zero-order chi connectivity index (χ0) is 18.9. The van der Waals surface area contributed by atoms with Crippen LogP contribution in [0.3, 0.4) is 0 Å². The topological polar surface area (TPSA) is 51.5 Å². The third-order valence-corrected chi connectivity index (χ3v) is 4.10.